The summed E-state index contributed by atoms with van der Waals surface area (Å²) in [6.45, 7) is 1.95. The van der Waals surface area contributed by atoms with Crippen LogP contribution in [-0.4, -0.2) is 25.2 Å². The van der Waals surface area contributed by atoms with Gasteiger partial charge in [0.1, 0.15) is 0 Å². The molecule has 0 bridgehead atoms. The van der Waals surface area contributed by atoms with Crippen molar-refractivity contribution in [3.63, 3.8) is 0 Å². The smallest absolute Gasteiger partial charge is 0.368 e. The fourth-order valence-corrected chi connectivity index (χ4v) is 3.73. The van der Waals surface area contributed by atoms with E-state index in [9.17, 15) is 13.2 Å². The molecule has 1 aliphatic carbocycles. The van der Waals surface area contributed by atoms with Gasteiger partial charge in [-0.1, -0.05) is 24.4 Å². The Labute approximate surface area is 127 Å². The second kappa shape index (κ2) is 5.36. The summed E-state index contributed by atoms with van der Waals surface area (Å²) in [7, 11) is 0. The summed E-state index contributed by atoms with van der Waals surface area (Å²) in [5.41, 5.74) is -0.398. The highest BCUT2D eigenvalue weighted by molar-refractivity contribution is 6.30. The monoisotopic (exact) mass is 318 g/mol. The molecule has 0 aromatic heterocycles. The first kappa shape index (κ1) is 15.0. The Balaban J connectivity index is 1.93. The van der Waals surface area contributed by atoms with Crippen molar-refractivity contribution in [3.8, 4) is 0 Å². The molecule has 1 heterocycles. The lowest BCUT2D eigenvalue weighted by molar-refractivity contribution is -0.137. The topological polar surface area (TPSA) is 15.3 Å². The summed E-state index contributed by atoms with van der Waals surface area (Å²) < 4.78 is 39.8. The van der Waals surface area contributed by atoms with Gasteiger partial charge in [-0.15, -0.1) is 0 Å². The molecule has 2 nitrogen and oxygen atoms in total. The number of halogens is 4. The van der Waals surface area contributed by atoms with Crippen molar-refractivity contribution in [2.75, 3.05) is 24.5 Å². The van der Waals surface area contributed by atoms with Gasteiger partial charge in [0.25, 0.3) is 0 Å². The number of benzene rings is 1. The maximum atomic E-state index is 13.3. The van der Waals surface area contributed by atoms with Crippen LogP contribution in [0.5, 0.6) is 0 Å². The van der Waals surface area contributed by atoms with Crippen molar-refractivity contribution in [2.24, 2.45) is 0 Å². The molecule has 2 fully saturated rings. The quantitative estimate of drug-likeness (QED) is 0.839. The van der Waals surface area contributed by atoms with Crippen molar-refractivity contribution in [1.82, 2.24) is 5.32 Å². The predicted octanol–water partition coefficient (Wildman–Crippen LogP) is 4.08. The Bertz CT molecular complexity index is 524. The number of piperazine rings is 1. The fourth-order valence-electron chi connectivity index (χ4n) is 3.56. The number of hydrogen-bond acceptors (Lipinski definition) is 2. The molecule has 1 aliphatic heterocycles. The minimum absolute atomic E-state index is 0.0131. The summed E-state index contributed by atoms with van der Waals surface area (Å²) in [5, 5.41) is 3.64. The molecule has 3 rings (SSSR count). The average Bonchev–Trinajstić information content (AvgIpc) is 2.85. The number of anilines is 1. The molecular weight excluding hydrogens is 301 g/mol. The van der Waals surface area contributed by atoms with Crippen LogP contribution < -0.4 is 10.2 Å². The van der Waals surface area contributed by atoms with Gasteiger partial charge in [-0.25, -0.2) is 0 Å². The van der Waals surface area contributed by atoms with Gasteiger partial charge in [0.15, 0.2) is 0 Å². The SMILES string of the molecule is FC(F)(F)c1cc(Cl)ccc1N1CCNC2(CCCC2)C1. The van der Waals surface area contributed by atoms with Gasteiger partial charge in [0.2, 0.25) is 0 Å². The van der Waals surface area contributed by atoms with E-state index in [0.29, 0.717) is 13.1 Å². The number of alkyl halides is 3. The molecule has 6 heteroatoms. The van der Waals surface area contributed by atoms with Crippen molar-refractivity contribution < 1.29 is 13.2 Å². The molecule has 2 aliphatic rings. The van der Waals surface area contributed by atoms with E-state index in [1.54, 1.807) is 0 Å². The number of nitrogens with one attached hydrogen (secondary N) is 1. The number of hydrogen-bond donors (Lipinski definition) is 1. The zero-order valence-electron chi connectivity index (χ0n) is 11.6. The minimum Gasteiger partial charge on any atom is -0.368 e. The standard InChI is InChI=1S/C15H18ClF3N2/c16-11-3-4-13(12(9-11)15(17,18)19)21-8-7-20-14(10-21)5-1-2-6-14/h3-4,9,20H,1-2,5-8,10H2. The predicted molar refractivity (Wildman–Crippen MR) is 77.9 cm³/mol. The van der Waals surface area contributed by atoms with Crippen LogP contribution in [0, 0.1) is 0 Å². The highest BCUT2D eigenvalue weighted by atomic mass is 35.5. The Kier molecular flexibility index (Phi) is 3.82. The largest absolute Gasteiger partial charge is 0.418 e. The Morgan fingerprint density at radius 2 is 1.90 bits per heavy atom. The lowest BCUT2D eigenvalue weighted by atomic mass is 9.93. The second-order valence-corrected chi connectivity index (χ2v) is 6.43. The van der Waals surface area contributed by atoms with Crippen LogP contribution in [0.25, 0.3) is 0 Å². The third-order valence-corrected chi connectivity index (χ3v) is 4.78. The third kappa shape index (κ3) is 2.99. The number of rotatable bonds is 1. The van der Waals surface area contributed by atoms with E-state index in [1.807, 2.05) is 4.90 Å². The van der Waals surface area contributed by atoms with E-state index < -0.39 is 11.7 Å². The van der Waals surface area contributed by atoms with Crippen LogP contribution >= 0.6 is 11.6 Å². The molecule has 21 heavy (non-hydrogen) atoms. The highest BCUT2D eigenvalue weighted by Crippen LogP contribution is 2.40. The summed E-state index contributed by atoms with van der Waals surface area (Å²) >= 11 is 5.75. The number of nitrogens with zero attached hydrogens (tertiary/aromatic N) is 1. The molecule has 1 N–H and O–H groups in total. The molecule has 1 aromatic carbocycles. The molecule has 1 saturated heterocycles. The van der Waals surface area contributed by atoms with Gasteiger partial charge < -0.3 is 10.2 Å². The van der Waals surface area contributed by atoms with Crippen LogP contribution in [0.3, 0.4) is 0 Å². The molecule has 1 spiro atoms. The lowest BCUT2D eigenvalue weighted by Gasteiger charge is -2.43. The first-order valence-corrected chi connectivity index (χ1v) is 7.64. The lowest BCUT2D eigenvalue weighted by Crippen LogP contribution is -2.59. The van der Waals surface area contributed by atoms with Crippen molar-refractivity contribution in [3.05, 3.63) is 28.8 Å². The molecule has 0 unspecified atom stereocenters. The first-order valence-electron chi connectivity index (χ1n) is 7.26. The van der Waals surface area contributed by atoms with E-state index in [1.165, 1.54) is 12.1 Å². The van der Waals surface area contributed by atoms with Gasteiger partial charge in [-0.05, 0) is 31.0 Å². The van der Waals surface area contributed by atoms with Crippen LogP contribution in [0.2, 0.25) is 5.02 Å². The van der Waals surface area contributed by atoms with E-state index in [-0.39, 0.29) is 16.2 Å². The third-order valence-electron chi connectivity index (χ3n) is 4.54. The summed E-state index contributed by atoms with van der Waals surface area (Å²) in [5.74, 6) is 0. The molecule has 1 aromatic rings. The summed E-state index contributed by atoms with van der Waals surface area (Å²) in [4.78, 5) is 1.86. The fraction of sp³-hybridized carbons (Fsp3) is 0.600. The Morgan fingerprint density at radius 3 is 2.57 bits per heavy atom. The Hall–Kier alpha value is -0.940. The minimum atomic E-state index is -4.38. The van der Waals surface area contributed by atoms with Crippen LogP contribution in [0.4, 0.5) is 18.9 Å². The van der Waals surface area contributed by atoms with E-state index in [2.05, 4.69) is 5.32 Å². The van der Waals surface area contributed by atoms with Gasteiger partial charge >= 0.3 is 6.18 Å². The van der Waals surface area contributed by atoms with Crippen molar-refractivity contribution in [1.29, 1.82) is 0 Å². The average molecular weight is 319 g/mol. The van der Waals surface area contributed by atoms with Crippen LogP contribution in [0.15, 0.2) is 18.2 Å². The van der Waals surface area contributed by atoms with Crippen LogP contribution in [0.1, 0.15) is 31.2 Å². The highest BCUT2D eigenvalue weighted by Gasteiger charge is 2.40. The molecule has 1 saturated carbocycles. The van der Waals surface area contributed by atoms with Gasteiger partial charge in [-0.2, -0.15) is 13.2 Å². The molecule has 0 radical (unpaired) electrons. The molecule has 0 atom stereocenters. The van der Waals surface area contributed by atoms with Crippen molar-refractivity contribution in [2.45, 2.75) is 37.4 Å². The van der Waals surface area contributed by atoms with E-state index in [4.69, 9.17) is 11.6 Å². The normalized spacial score (nSPS) is 22.0. The Morgan fingerprint density at radius 1 is 1.19 bits per heavy atom. The molecular formula is C15H18ClF3N2. The van der Waals surface area contributed by atoms with Gasteiger partial charge in [0, 0.05) is 35.9 Å². The zero-order valence-corrected chi connectivity index (χ0v) is 12.4. The zero-order chi connectivity index (χ0) is 15.1. The summed E-state index contributed by atoms with van der Waals surface area (Å²) in [6, 6.07) is 4.06. The van der Waals surface area contributed by atoms with Crippen molar-refractivity contribution >= 4 is 17.3 Å². The molecule has 116 valence electrons. The second-order valence-electron chi connectivity index (χ2n) is 5.99. The van der Waals surface area contributed by atoms with E-state index >= 15 is 0 Å². The van der Waals surface area contributed by atoms with Crippen LogP contribution in [-0.2, 0) is 6.18 Å². The summed E-state index contributed by atoms with van der Waals surface area (Å²) in [6.07, 6.45) is -0.00793. The first-order chi connectivity index (χ1) is 9.90. The van der Waals surface area contributed by atoms with Gasteiger partial charge in [0.05, 0.1) is 5.56 Å². The maximum absolute atomic E-state index is 13.3. The van der Waals surface area contributed by atoms with Gasteiger partial charge in [-0.3, -0.25) is 0 Å². The van der Waals surface area contributed by atoms with E-state index in [0.717, 1.165) is 38.3 Å². The molecule has 0 amide bonds. The maximum Gasteiger partial charge on any atom is 0.418 e.